The number of carbonyl (C=O) groups is 1. The van der Waals surface area contributed by atoms with E-state index in [0.29, 0.717) is 28.5 Å². The van der Waals surface area contributed by atoms with E-state index < -0.39 is 0 Å². The van der Waals surface area contributed by atoms with Crippen molar-refractivity contribution in [3.8, 4) is 17.2 Å². The van der Waals surface area contributed by atoms with Crippen molar-refractivity contribution in [2.45, 2.75) is 0 Å². The molecule has 0 aromatic heterocycles. The summed E-state index contributed by atoms with van der Waals surface area (Å²) in [6.45, 7) is 0. The van der Waals surface area contributed by atoms with Crippen LogP contribution in [0, 0.1) is 3.57 Å². The van der Waals surface area contributed by atoms with Gasteiger partial charge in [0.05, 0.1) is 26.9 Å². The van der Waals surface area contributed by atoms with Crippen molar-refractivity contribution in [1.82, 2.24) is 0 Å². The van der Waals surface area contributed by atoms with Gasteiger partial charge in [0.15, 0.2) is 11.5 Å². The van der Waals surface area contributed by atoms with Gasteiger partial charge in [-0.15, -0.1) is 0 Å². The highest BCUT2D eigenvalue weighted by Gasteiger charge is 2.20. The minimum Gasteiger partial charge on any atom is -0.493 e. The van der Waals surface area contributed by atoms with Crippen LogP contribution >= 0.6 is 22.6 Å². The van der Waals surface area contributed by atoms with E-state index in [1.807, 2.05) is 24.3 Å². The van der Waals surface area contributed by atoms with Crippen LogP contribution < -0.4 is 19.5 Å². The van der Waals surface area contributed by atoms with Gasteiger partial charge in [0, 0.05) is 9.26 Å². The fraction of sp³-hybridized carbons (Fsp3) is 0.188. The molecule has 0 radical (unpaired) electrons. The number of benzene rings is 2. The molecule has 0 bridgehead atoms. The SMILES string of the molecule is COc1ccc(C(=O)Nc2ccc(I)cc2)c(OC)c1OC. The van der Waals surface area contributed by atoms with Gasteiger partial charge in [-0.25, -0.2) is 0 Å². The van der Waals surface area contributed by atoms with Crippen LogP contribution in [0.15, 0.2) is 36.4 Å². The van der Waals surface area contributed by atoms with Crippen molar-refractivity contribution in [1.29, 1.82) is 0 Å². The second-order valence-corrected chi connectivity index (χ2v) is 5.59. The minimum atomic E-state index is -0.279. The molecule has 1 N–H and O–H groups in total. The summed E-state index contributed by atoms with van der Waals surface area (Å²) in [6.07, 6.45) is 0. The van der Waals surface area contributed by atoms with Gasteiger partial charge in [0.1, 0.15) is 0 Å². The molecule has 0 saturated carbocycles. The van der Waals surface area contributed by atoms with Crippen LogP contribution in [0.2, 0.25) is 0 Å². The average molecular weight is 413 g/mol. The lowest BCUT2D eigenvalue weighted by molar-refractivity contribution is 0.102. The Morgan fingerprint density at radius 1 is 0.909 bits per heavy atom. The zero-order chi connectivity index (χ0) is 16.1. The van der Waals surface area contributed by atoms with Crippen LogP contribution in [0.25, 0.3) is 0 Å². The van der Waals surface area contributed by atoms with Crippen molar-refractivity contribution >= 4 is 34.2 Å². The first-order valence-corrected chi connectivity index (χ1v) is 7.54. The summed E-state index contributed by atoms with van der Waals surface area (Å²) in [5.41, 5.74) is 1.08. The van der Waals surface area contributed by atoms with E-state index in [2.05, 4.69) is 27.9 Å². The number of methoxy groups -OCH3 is 3. The molecule has 2 rings (SSSR count). The van der Waals surface area contributed by atoms with E-state index in [9.17, 15) is 4.79 Å². The Labute approximate surface area is 142 Å². The van der Waals surface area contributed by atoms with Crippen molar-refractivity contribution in [2.75, 3.05) is 26.6 Å². The van der Waals surface area contributed by atoms with Gasteiger partial charge in [-0.2, -0.15) is 0 Å². The maximum Gasteiger partial charge on any atom is 0.259 e. The summed E-state index contributed by atoms with van der Waals surface area (Å²) in [4.78, 5) is 12.5. The maximum atomic E-state index is 12.5. The summed E-state index contributed by atoms with van der Waals surface area (Å²) in [6, 6.07) is 10.8. The number of amides is 1. The second kappa shape index (κ2) is 7.35. The molecule has 0 aliphatic carbocycles. The Hall–Kier alpha value is -1.96. The van der Waals surface area contributed by atoms with Gasteiger partial charge in [-0.3, -0.25) is 4.79 Å². The molecule has 0 aliphatic rings. The summed E-state index contributed by atoms with van der Waals surface area (Å²) in [5.74, 6) is 0.953. The fourth-order valence-corrected chi connectivity index (χ4v) is 2.37. The number of hydrogen-bond acceptors (Lipinski definition) is 4. The topological polar surface area (TPSA) is 56.8 Å². The quantitative estimate of drug-likeness (QED) is 0.762. The van der Waals surface area contributed by atoms with Crippen LogP contribution in [0.4, 0.5) is 5.69 Å². The molecule has 0 fully saturated rings. The van der Waals surface area contributed by atoms with Crippen molar-refractivity contribution in [3.05, 3.63) is 45.5 Å². The minimum absolute atomic E-state index is 0.279. The number of ether oxygens (including phenoxy) is 3. The first kappa shape index (κ1) is 16.4. The van der Waals surface area contributed by atoms with Crippen molar-refractivity contribution < 1.29 is 19.0 Å². The molecule has 6 heteroatoms. The number of anilines is 1. The normalized spacial score (nSPS) is 10.0. The van der Waals surface area contributed by atoms with E-state index in [1.54, 1.807) is 12.1 Å². The smallest absolute Gasteiger partial charge is 0.259 e. The molecular formula is C16H16INO4. The molecule has 0 unspecified atom stereocenters. The molecule has 0 spiro atoms. The molecule has 0 atom stereocenters. The van der Waals surface area contributed by atoms with Gasteiger partial charge in [-0.1, -0.05) is 0 Å². The largest absolute Gasteiger partial charge is 0.493 e. The first-order chi connectivity index (χ1) is 10.6. The molecule has 5 nitrogen and oxygen atoms in total. The van der Waals surface area contributed by atoms with Crippen LogP contribution in [-0.2, 0) is 0 Å². The molecular weight excluding hydrogens is 397 g/mol. The van der Waals surface area contributed by atoms with E-state index in [1.165, 1.54) is 21.3 Å². The van der Waals surface area contributed by atoms with Crippen molar-refractivity contribution in [3.63, 3.8) is 0 Å². The summed E-state index contributed by atoms with van der Waals surface area (Å²) in [7, 11) is 4.52. The van der Waals surface area contributed by atoms with Gasteiger partial charge in [0.25, 0.3) is 5.91 Å². The Morgan fingerprint density at radius 2 is 1.55 bits per heavy atom. The number of hydrogen-bond donors (Lipinski definition) is 1. The van der Waals surface area contributed by atoms with Gasteiger partial charge < -0.3 is 19.5 Å². The third-order valence-electron chi connectivity index (χ3n) is 3.05. The molecule has 0 heterocycles. The van der Waals surface area contributed by atoms with E-state index in [4.69, 9.17) is 14.2 Å². The van der Waals surface area contributed by atoms with Gasteiger partial charge >= 0.3 is 0 Å². The highest BCUT2D eigenvalue weighted by Crippen LogP contribution is 2.39. The number of carbonyl (C=O) groups excluding carboxylic acids is 1. The first-order valence-electron chi connectivity index (χ1n) is 6.46. The van der Waals surface area contributed by atoms with E-state index in [0.717, 1.165) is 3.57 Å². The molecule has 1 amide bonds. The third kappa shape index (κ3) is 3.44. The standard InChI is InChI=1S/C16H16INO4/c1-20-13-9-8-12(14(21-2)15(13)22-3)16(19)18-11-6-4-10(17)5-7-11/h4-9H,1-3H3,(H,18,19). The maximum absolute atomic E-state index is 12.5. The Bertz CT molecular complexity index is 671. The second-order valence-electron chi connectivity index (χ2n) is 4.34. The van der Waals surface area contributed by atoms with Crippen LogP contribution in [0.3, 0.4) is 0 Å². The Balaban J connectivity index is 2.34. The number of rotatable bonds is 5. The fourth-order valence-electron chi connectivity index (χ4n) is 2.01. The number of halogens is 1. The Kier molecular flexibility index (Phi) is 5.48. The number of nitrogens with one attached hydrogen (secondary N) is 1. The summed E-state index contributed by atoms with van der Waals surface area (Å²) in [5, 5.41) is 2.83. The zero-order valence-electron chi connectivity index (χ0n) is 12.5. The average Bonchev–Trinajstić information content (AvgIpc) is 2.55. The molecule has 116 valence electrons. The van der Waals surface area contributed by atoms with E-state index >= 15 is 0 Å². The van der Waals surface area contributed by atoms with E-state index in [-0.39, 0.29) is 5.91 Å². The monoisotopic (exact) mass is 413 g/mol. The molecule has 0 aliphatic heterocycles. The molecule has 22 heavy (non-hydrogen) atoms. The highest BCUT2D eigenvalue weighted by atomic mass is 127. The van der Waals surface area contributed by atoms with Crippen LogP contribution in [0.1, 0.15) is 10.4 Å². The third-order valence-corrected chi connectivity index (χ3v) is 3.77. The lowest BCUT2D eigenvalue weighted by Crippen LogP contribution is -2.14. The van der Waals surface area contributed by atoms with Gasteiger partial charge in [0.2, 0.25) is 5.75 Å². The molecule has 2 aromatic carbocycles. The lowest BCUT2D eigenvalue weighted by atomic mass is 10.1. The summed E-state index contributed by atoms with van der Waals surface area (Å²) < 4.78 is 16.9. The Morgan fingerprint density at radius 3 is 2.09 bits per heavy atom. The predicted octanol–water partition coefficient (Wildman–Crippen LogP) is 3.57. The zero-order valence-corrected chi connectivity index (χ0v) is 14.6. The van der Waals surface area contributed by atoms with Crippen molar-refractivity contribution in [2.24, 2.45) is 0 Å². The highest BCUT2D eigenvalue weighted by molar-refractivity contribution is 14.1. The van der Waals surface area contributed by atoms with Gasteiger partial charge in [-0.05, 0) is 59.0 Å². The lowest BCUT2D eigenvalue weighted by Gasteiger charge is -2.15. The molecule has 2 aromatic rings. The van der Waals surface area contributed by atoms with Crippen LogP contribution in [0.5, 0.6) is 17.2 Å². The molecule has 0 saturated heterocycles. The van der Waals surface area contributed by atoms with Crippen LogP contribution in [-0.4, -0.2) is 27.2 Å². The summed E-state index contributed by atoms with van der Waals surface area (Å²) >= 11 is 2.21. The predicted molar refractivity (Wildman–Crippen MR) is 93.2 cm³/mol.